The quantitative estimate of drug-likeness (QED) is 0.814. The third-order valence-corrected chi connectivity index (χ3v) is 5.46. The maximum Gasteiger partial charge on any atom is 0.326 e. The van der Waals surface area contributed by atoms with Crippen LogP contribution < -0.4 is 11.0 Å². The number of hydrogen-bond acceptors (Lipinski definition) is 4. The third-order valence-electron chi connectivity index (χ3n) is 5.46. The summed E-state index contributed by atoms with van der Waals surface area (Å²) in [6.45, 7) is 1.71. The molecule has 7 nitrogen and oxygen atoms in total. The number of benzene rings is 1. The number of hydrogen-bond donors (Lipinski definition) is 2. The molecule has 1 saturated heterocycles. The summed E-state index contributed by atoms with van der Waals surface area (Å²) in [5, 5.41) is 3.13. The average molecular weight is 345 g/mol. The topological polar surface area (TPSA) is 85.4 Å². The molecule has 0 radical (unpaired) electrons. The lowest BCUT2D eigenvalue weighted by Crippen LogP contribution is -2.62. The number of aromatic nitrogens is 2. The highest BCUT2D eigenvalue weighted by atomic mass is 16.5. The van der Waals surface area contributed by atoms with Gasteiger partial charge in [-0.1, -0.05) is 12.1 Å². The van der Waals surface area contributed by atoms with Gasteiger partial charge in [-0.05, 0) is 18.6 Å². The molecule has 1 aliphatic carbocycles. The summed E-state index contributed by atoms with van der Waals surface area (Å²) < 4.78 is 12.6. The van der Waals surface area contributed by atoms with E-state index in [0.29, 0.717) is 19.1 Å². The minimum atomic E-state index is -0.181. The average Bonchev–Trinajstić information content (AvgIpc) is 3.17. The number of fused-ring (bicyclic) bond motifs is 2. The molecular formula is C18H23N3O4. The fourth-order valence-corrected chi connectivity index (χ4v) is 4.23. The molecule has 4 atom stereocenters. The first-order valence-electron chi connectivity index (χ1n) is 8.76. The van der Waals surface area contributed by atoms with Crippen LogP contribution in [0, 0.1) is 11.8 Å². The Morgan fingerprint density at radius 1 is 1.44 bits per heavy atom. The monoisotopic (exact) mass is 345 g/mol. The number of nitrogens with zero attached hydrogens (tertiary/aromatic N) is 1. The molecule has 1 aliphatic heterocycles. The first-order chi connectivity index (χ1) is 12.2. The molecule has 7 heteroatoms. The number of ether oxygens (including phenoxy) is 2. The Bertz CT molecular complexity index is 827. The van der Waals surface area contributed by atoms with Crippen LogP contribution in [-0.2, 0) is 20.8 Å². The normalized spacial score (nSPS) is 27.9. The zero-order valence-corrected chi connectivity index (χ0v) is 14.2. The summed E-state index contributed by atoms with van der Waals surface area (Å²) in [4.78, 5) is 27.3. The second-order valence-electron chi connectivity index (χ2n) is 6.85. The van der Waals surface area contributed by atoms with Gasteiger partial charge in [0.25, 0.3) is 0 Å². The van der Waals surface area contributed by atoms with E-state index in [2.05, 4.69) is 10.3 Å². The third kappa shape index (κ3) is 2.87. The number of imidazole rings is 1. The zero-order chi connectivity index (χ0) is 17.4. The number of H-pyrrole nitrogens is 1. The molecule has 2 aromatic rings. The minimum Gasteiger partial charge on any atom is -0.384 e. The number of carbonyl (C=O) groups excluding carboxylic acids is 1. The number of aromatic amines is 1. The van der Waals surface area contributed by atoms with Gasteiger partial charge < -0.3 is 19.8 Å². The predicted molar refractivity (Wildman–Crippen MR) is 92.3 cm³/mol. The van der Waals surface area contributed by atoms with E-state index in [1.54, 1.807) is 11.7 Å². The van der Waals surface area contributed by atoms with Crippen molar-refractivity contribution in [2.45, 2.75) is 31.5 Å². The second kappa shape index (κ2) is 6.65. The summed E-state index contributed by atoms with van der Waals surface area (Å²) in [6.07, 6.45) is 1.47. The van der Waals surface area contributed by atoms with E-state index in [0.717, 1.165) is 24.1 Å². The number of methoxy groups -OCH3 is 1. The standard InChI is InChI=1S/C18H23N3O4/c1-24-10-12-16(11-7-9-25-17(11)12)20-15(22)6-8-21-14-5-3-2-4-13(14)19-18(21)23/h2-5,11-12,16-17H,6-10H2,1H3,(H,19,23)(H,20,22)/t11-,12+,16+,17-/m1/s1. The van der Waals surface area contributed by atoms with Crippen molar-refractivity contribution in [3.63, 3.8) is 0 Å². The van der Waals surface area contributed by atoms with Crippen LogP contribution in [0.2, 0.25) is 0 Å². The summed E-state index contributed by atoms with van der Waals surface area (Å²) in [7, 11) is 1.67. The van der Waals surface area contributed by atoms with Gasteiger partial charge in [-0.15, -0.1) is 0 Å². The van der Waals surface area contributed by atoms with Crippen molar-refractivity contribution < 1.29 is 14.3 Å². The van der Waals surface area contributed by atoms with Crippen molar-refractivity contribution >= 4 is 16.9 Å². The van der Waals surface area contributed by atoms with Crippen LogP contribution >= 0.6 is 0 Å². The van der Waals surface area contributed by atoms with Gasteiger partial charge >= 0.3 is 5.69 Å². The fraction of sp³-hybridized carbons (Fsp3) is 0.556. The van der Waals surface area contributed by atoms with Gasteiger partial charge in [0.1, 0.15) is 0 Å². The fourth-order valence-electron chi connectivity index (χ4n) is 4.23. The molecule has 2 N–H and O–H groups in total. The molecule has 134 valence electrons. The molecule has 4 rings (SSSR count). The van der Waals surface area contributed by atoms with Gasteiger partial charge in [-0.3, -0.25) is 9.36 Å². The van der Waals surface area contributed by atoms with Crippen LogP contribution in [0.3, 0.4) is 0 Å². The van der Waals surface area contributed by atoms with E-state index in [9.17, 15) is 9.59 Å². The molecule has 1 amide bonds. The van der Waals surface area contributed by atoms with Crippen LogP contribution in [0.15, 0.2) is 29.1 Å². The van der Waals surface area contributed by atoms with E-state index in [1.165, 1.54) is 0 Å². The Hall–Kier alpha value is -2.12. The van der Waals surface area contributed by atoms with Gasteiger partial charge in [0.05, 0.1) is 23.7 Å². The number of aryl methyl sites for hydroxylation is 1. The molecule has 1 saturated carbocycles. The second-order valence-corrected chi connectivity index (χ2v) is 6.85. The summed E-state index contributed by atoms with van der Waals surface area (Å²) >= 11 is 0. The number of rotatable bonds is 6. The molecule has 2 aliphatic rings. The van der Waals surface area contributed by atoms with Crippen molar-refractivity contribution in [1.82, 2.24) is 14.9 Å². The molecule has 2 fully saturated rings. The van der Waals surface area contributed by atoms with Crippen molar-refractivity contribution in [3.05, 3.63) is 34.7 Å². The Morgan fingerprint density at radius 3 is 3.12 bits per heavy atom. The summed E-state index contributed by atoms with van der Waals surface area (Å²) in [5.41, 5.74) is 1.43. The summed E-state index contributed by atoms with van der Waals surface area (Å²) in [5.74, 6) is 0.575. The lowest BCUT2D eigenvalue weighted by Gasteiger charge is -2.47. The lowest BCUT2D eigenvalue weighted by molar-refractivity contribution is -0.130. The van der Waals surface area contributed by atoms with Gasteiger partial charge in [-0.2, -0.15) is 0 Å². The van der Waals surface area contributed by atoms with Crippen LogP contribution in [0.25, 0.3) is 11.0 Å². The lowest BCUT2D eigenvalue weighted by atomic mass is 9.67. The molecule has 0 spiro atoms. The molecular weight excluding hydrogens is 322 g/mol. The maximum absolute atomic E-state index is 12.4. The predicted octanol–water partition coefficient (Wildman–Crippen LogP) is 0.886. The van der Waals surface area contributed by atoms with E-state index >= 15 is 0 Å². The Balaban J connectivity index is 1.39. The molecule has 1 aromatic heterocycles. The van der Waals surface area contributed by atoms with Gasteiger partial charge in [-0.25, -0.2) is 4.79 Å². The van der Waals surface area contributed by atoms with E-state index < -0.39 is 0 Å². The Kier molecular flexibility index (Phi) is 4.35. The highest BCUT2D eigenvalue weighted by Crippen LogP contribution is 2.43. The summed E-state index contributed by atoms with van der Waals surface area (Å²) in [6, 6.07) is 7.61. The number of nitrogens with one attached hydrogen (secondary N) is 2. The van der Waals surface area contributed by atoms with Crippen LogP contribution in [-0.4, -0.2) is 47.9 Å². The highest BCUT2D eigenvalue weighted by molar-refractivity contribution is 5.77. The Morgan fingerprint density at radius 2 is 2.28 bits per heavy atom. The van der Waals surface area contributed by atoms with Crippen molar-refractivity contribution in [3.8, 4) is 0 Å². The molecule has 0 bridgehead atoms. The molecule has 2 heterocycles. The largest absolute Gasteiger partial charge is 0.384 e. The van der Waals surface area contributed by atoms with Gasteiger partial charge in [0.2, 0.25) is 5.91 Å². The SMILES string of the molecule is COC[C@H]1[C@@H](NC(=O)CCn2c(=O)[nH]c3ccccc32)[C@H]2CCO[C@H]21. The van der Waals surface area contributed by atoms with E-state index in [4.69, 9.17) is 9.47 Å². The minimum absolute atomic E-state index is 0.0337. The molecule has 1 aromatic carbocycles. The zero-order valence-electron chi connectivity index (χ0n) is 14.2. The Labute approximate surface area is 145 Å². The first-order valence-corrected chi connectivity index (χ1v) is 8.76. The number of para-hydroxylation sites is 2. The van der Waals surface area contributed by atoms with E-state index in [1.807, 2.05) is 24.3 Å². The first kappa shape index (κ1) is 16.4. The van der Waals surface area contributed by atoms with Crippen molar-refractivity contribution in [1.29, 1.82) is 0 Å². The van der Waals surface area contributed by atoms with Crippen LogP contribution in [0.4, 0.5) is 0 Å². The van der Waals surface area contributed by atoms with Gasteiger partial charge in [0.15, 0.2) is 0 Å². The van der Waals surface area contributed by atoms with Crippen molar-refractivity contribution in [2.75, 3.05) is 20.3 Å². The van der Waals surface area contributed by atoms with Gasteiger partial charge in [0, 0.05) is 44.6 Å². The maximum atomic E-state index is 12.4. The van der Waals surface area contributed by atoms with E-state index in [-0.39, 0.29) is 36.1 Å². The number of amides is 1. The highest BCUT2D eigenvalue weighted by Gasteiger charge is 2.54. The molecule has 0 unspecified atom stereocenters. The number of carbonyl (C=O) groups is 1. The molecule has 25 heavy (non-hydrogen) atoms. The van der Waals surface area contributed by atoms with Crippen LogP contribution in [0.1, 0.15) is 12.8 Å². The smallest absolute Gasteiger partial charge is 0.326 e. The van der Waals surface area contributed by atoms with Crippen molar-refractivity contribution in [2.24, 2.45) is 11.8 Å². The van der Waals surface area contributed by atoms with Crippen LogP contribution in [0.5, 0.6) is 0 Å².